The molecule has 1 aliphatic carbocycles. The van der Waals surface area contributed by atoms with E-state index in [0.29, 0.717) is 13.2 Å². The highest BCUT2D eigenvalue weighted by Crippen LogP contribution is 2.48. The summed E-state index contributed by atoms with van der Waals surface area (Å²) in [5.41, 5.74) is 0. The molecule has 1 aromatic heterocycles. The molecule has 0 spiro atoms. The average molecular weight is 267 g/mol. The van der Waals surface area contributed by atoms with Crippen LogP contribution in [0.1, 0.15) is 18.1 Å². The molecule has 6 heteroatoms. The number of amides is 1. The summed E-state index contributed by atoms with van der Waals surface area (Å²) in [4.78, 5) is 24.3. The lowest BCUT2D eigenvalue weighted by Crippen LogP contribution is -2.39. The second-order valence-corrected chi connectivity index (χ2v) is 4.61. The van der Waals surface area contributed by atoms with E-state index in [1.165, 1.54) is 12.0 Å². The minimum absolute atomic E-state index is 0.0846. The zero-order valence-electron chi connectivity index (χ0n) is 10.7. The maximum absolute atomic E-state index is 12.2. The Hall–Kier alpha value is -1.82. The lowest BCUT2D eigenvalue weighted by atomic mass is 10.2. The first-order valence-corrected chi connectivity index (χ1v) is 6.16. The monoisotopic (exact) mass is 267 g/mol. The molecule has 19 heavy (non-hydrogen) atoms. The molecule has 0 bridgehead atoms. The molecule has 0 unspecified atom stereocenters. The number of hydrogen-bond acceptors (Lipinski definition) is 4. The van der Waals surface area contributed by atoms with E-state index in [9.17, 15) is 9.59 Å². The zero-order valence-corrected chi connectivity index (χ0v) is 10.7. The first-order chi connectivity index (χ1) is 9.13. The van der Waals surface area contributed by atoms with Crippen molar-refractivity contribution >= 4 is 11.9 Å². The van der Waals surface area contributed by atoms with Gasteiger partial charge < -0.3 is 19.2 Å². The molecule has 2 atom stereocenters. The second kappa shape index (κ2) is 5.88. The van der Waals surface area contributed by atoms with Gasteiger partial charge in [-0.1, -0.05) is 0 Å². The fourth-order valence-corrected chi connectivity index (χ4v) is 2.15. The normalized spacial score (nSPS) is 21.1. The van der Waals surface area contributed by atoms with Crippen LogP contribution in [-0.4, -0.2) is 48.7 Å². The Morgan fingerprint density at radius 2 is 2.37 bits per heavy atom. The molecule has 6 nitrogen and oxygen atoms in total. The van der Waals surface area contributed by atoms with E-state index < -0.39 is 5.97 Å². The van der Waals surface area contributed by atoms with E-state index in [2.05, 4.69) is 0 Å². The number of aliphatic carboxylic acids is 1. The highest BCUT2D eigenvalue weighted by molar-refractivity contribution is 5.86. The van der Waals surface area contributed by atoms with Crippen molar-refractivity contribution in [3.05, 3.63) is 24.2 Å². The Balaban J connectivity index is 1.94. The SMILES string of the molecule is COCCN(CC(=O)O)C(=O)[C@@H]1C[C@H]1c1ccco1. The summed E-state index contributed by atoms with van der Waals surface area (Å²) < 4.78 is 10.2. The number of ether oxygens (including phenoxy) is 1. The van der Waals surface area contributed by atoms with Gasteiger partial charge in [-0.25, -0.2) is 0 Å². The van der Waals surface area contributed by atoms with Crippen molar-refractivity contribution in [1.82, 2.24) is 4.90 Å². The maximum atomic E-state index is 12.2. The molecule has 0 aliphatic heterocycles. The van der Waals surface area contributed by atoms with Crippen LogP contribution in [0.25, 0.3) is 0 Å². The third kappa shape index (κ3) is 3.35. The number of carboxylic acid groups (broad SMARTS) is 1. The molecular weight excluding hydrogens is 250 g/mol. The molecule has 0 aromatic carbocycles. The van der Waals surface area contributed by atoms with Crippen LogP contribution in [0.15, 0.2) is 22.8 Å². The van der Waals surface area contributed by atoms with E-state index in [4.69, 9.17) is 14.3 Å². The van der Waals surface area contributed by atoms with Gasteiger partial charge in [0.25, 0.3) is 0 Å². The molecule has 1 aliphatic rings. The smallest absolute Gasteiger partial charge is 0.323 e. The zero-order chi connectivity index (χ0) is 13.8. The minimum Gasteiger partial charge on any atom is -0.480 e. The molecule has 2 rings (SSSR count). The van der Waals surface area contributed by atoms with Crippen molar-refractivity contribution in [3.63, 3.8) is 0 Å². The molecule has 1 fully saturated rings. The van der Waals surface area contributed by atoms with Crippen LogP contribution < -0.4 is 0 Å². The predicted molar refractivity (Wildman–Crippen MR) is 65.6 cm³/mol. The van der Waals surface area contributed by atoms with Crippen molar-refractivity contribution in [3.8, 4) is 0 Å². The minimum atomic E-state index is -1.01. The summed E-state index contributed by atoms with van der Waals surface area (Å²) in [5.74, 6) is -0.440. The Labute approximate surface area is 110 Å². The van der Waals surface area contributed by atoms with Crippen LogP contribution in [-0.2, 0) is 14.3 Å². The van der Waals surface area contributed by atoms with E-state index in [0.717, 1.165) is 12.2 Å². The third-order valence-electron chi connectivity index (χ3n) is 3.22. The van der Waals surface area contributed by atoms with Gasteiger partial charge in [0.1, 0.15) is 12.3 Å². The lowest BCUT2D eigenvalue weighted by molar-refractivity contribution is -0.145. The van der Waals surface area contributed by atoms with Crippen molar-refractivity contribution in [2.75, 3.05) is 26.8 Å². The molecule has 104 valence electrons. The van der Waals surface area contributed by atoms with Crippen LogP contribution in [0.4, 0.5) is 0 Å². The average Bonchev–Trinajstić information content (AvgIpc) is 2.99. The summed E-state index contributed by atoms with van der Waals surface area (Å²) in [7, 11) is 1.52. The van der Waals surface area contributed by atoms with Gasteiger partial charge in [-0.2, -0.15) is 0 Å². The topological polar surface area (TPSA) is 80.0 Å². The number of furan rings is 1. The number of nitrogens with zero attached hydrogens (tertiary/aromatic N) is 1. The van der Waals surface area contributed by atoms with Gasteiger partial charge in [0, 0.05) is 25.5 Å². The summed E-state index contributed by atoms with van der Waals surface area (Å²) in [6.45, 7) is 0.337. The highest BCUT2D eigenvalue weighted by atomic mass is 16.5. The largest absolute Gasteiger partial charge is 0.480 e. The molecule has 0 saturated heterocycles. The summed E-state index contributed by atoms with van der Waals surface area (Å²) >= 11 is 0. The standard InChI is InChI=1S/C13H17NO5/c1-18-6-4-14(8-12(15)16)13(17)10-7-9(10)11-3-2-5-19-11/h2-3,5,9-10H,4,6-8H2,1H3,(H,15,16)/t9-,10-/m1/s1. The number of methoxy groups -OCH3 is 1. The molecular formula is C13H17NO5. The summed E-state index contributed by atoms with van der Waals surface area (Å²) in [6, 6.07) is 3.63. The predicted octanol–water partition coefficient (Wildman–Crippen LogP) is 0.943. The van der Waals surface area contributed by atoms with Gasteiger partial charge >= 0.3 is 5.97 Å². The highest BCUT2D eigenvalue weighted by Gasteiger charge is 2.47. The van der Waals surface area contributed by atoms with Crippen LogP contribution in [0.2, 0.25) is 0 Å². The lowest BCUT2D eigenvalue weighted by Gasteiger charge is -2.20. The van der Waals surface area contributed by atoms with Crippen molar-refractivity contribution in [2.45, 2.75) is 12.3 Å². The van der Waals surface area contributed by atoms with Crippen LogP contribution in [0, 0.1) is 5.92 Å². The summed E-state index contributed by atoms with van der Waals surface area (Å²) in [5, 5.41) is 8.83. The Kier molecular flexibility index (Phi) is 4.21. The number of hydrogen-bond donors (Lipinski definition) is 1. The van der Waals surface area contributed by atoms with E-state index in [1.807, 2.05) is 6.07 Å². The van der Waals surface area contributed by atoms with Gasteiger partial charge in [0.05, 0.1) is 12.9 Å². The van der Waals surface area contributed by atoms with Gasteiger partial charge in [-0.3, -0.25) is 9.59 Å². The number of carbonyl (C=O) groups is 2. The van der Waals surface area contributed by atoms with Gasteiger partial charge in [-0.15, -0.1) is 0 Å². The molecule has 1 saturated carbocycles. The van der Waals surface area contributed by atoms with Crippen LogP contribution >= 0.6 is 0 Å². The molecule has 1 heterocycles. The van der Waals surface area contributed by atoms with E-state index in [1.54, 1.807) is 12.3 Å². The second-order valence-electron chi connectivity index (χ2n) is 4.61. The molecule has 0 radical (unpaired) electrons. The number of carbonyl (C=O) groups excluding carboxylic acids is 1. The van der Waals surface area contributed by atoms with Crippen molar-refractivity contribution in [1.29, 1.82) is 0 Å². The maximum Gasteiger partial charge on any atom is 0.323 e. The fourth-order valence-electron chi connectivity index (χ4n) is 2.15. The van der Waals surface area contributed by atoms with Crippen molar-refractivity contribution in [2.24, 2.45) is 5.92 Å². The third-order valence-corrected chi connectivity index (χ3v) is 3.22. The quantitative estimate of drug-likeness (QED) is 0.795. The molecule has 1 aromatic rings. The number of carboxylic acids is 1. The summed E-state index contributed by atoms with van der Waals surface area (Å²) in [6.07, 6.45) is 2.30. The fraction of sp³-hybridized carbons (Fsp3) is 0.538. The Morgan fingerprint density at radius 1 is 1.58 bits per heavy atom. The van der Waals surface area contributed by atoms with E-state index >= 15 is 0 Å². The Bertz CT molecular complexity index is 442. The van der Waals surface area contributed by atoms with Crippen LogP contribution in [0.3, 0.4) is 0 Å². The first-order valence-electron chi connectivity index (χ1n) is 6.16. The van der Waals surface area contributed by atoms with Gasteiger partial charge in [-0.05, 0) is 18.6 Å². The first kappa shape index (κ1) is 13.6. The van der Waals surface area contributed by atoms with Gasteiger partial charge in [0.15, 0.2) is 0 Å². The van der Waals surface area contributed by atoms with E-state index in [-0.39, 0.29) is 24.3 Å². The number of rotatable bonds is 7. The van der Waals surface area contributed by atoms with Gasteiger partial charge in [0.2, 0.25) is 5.91 Å². The van der Waals surface area contributed by atoms with Crippen LogP contribution in [0.5, 0.6) is 0 Å². The molecule has 1 N–H and O–H groups in total. The Morgan fingerprint density at radius 3 is 2.95 bits per heavy atom. The molecule has 1 amide bonds. The van der Waals surface area contributed by atoms with Crippen molar-refractivity contribution < 1.29 is 23.8 Å².